The largest absolute Gasteiger partial charge is 0.392 e. The molecule has 0 saturated carbocycles. The summed E-state index contributed by atoms with van der Waals surface area (Å²) in [4.78, 5) is 6.49. The zero-order valence-electron chi connectivity index (χ0n) is 12.3. The van der Waals surface area contributed by atoms with Crippen LogP contribution >= 0.6 is 0 Å². The number of fused-ring (bicyclic) bond motifs is 1. The van der Waals surface area contributed by atoms with Crippen LogP contribution in [0.2, 0.25) is 0 Å². The van der Waals surface area contributed by atoms with E-state index < -0.39 is 0 Å². The highest BCUT2D eigenvalue weighted by Gasteiger charge is 2.36. The van der Waals surface area contributed by atoms with Crippen molar-refractivity contribution in [3.63, 3.8) is 0 Å². The van der Waals surface area contributed by atoms with Gasteiger partial charge in [-0.3, -0.25) is 4.90 Å². The van der Waals surface area contributed by atoms with Crippen molar-refractivity contribution in [2.24, 2.45) is 0 Å². The Labute approximate surface area is 127 Å². The average molecular weight is 299 g/mol. The molecule has 0 spiro atoms. The highest BCUT2D eigenvalue weighted by molar-refractivity contribution is 5.53. The van der Waals surface area contributed by atoms with Gasteiger partial charge in [0.2, 0.25) is 5.89 Å². The summed E-state index contributed by atoms with van der Waals surface area (Å²) in [5.74, 6) is 1.19. The molecule has 3 aromatic rings. The monoisotopic (exact) mass is 299 g/mol. The van der Waals surface area contributed by atoms with Crippen LogP contribution in [0.5, 0.6) is 0 Å². The summed E-state index contributed by atoms with van der Waals surface area (Å²) in [6.07, 6.45) is 4.03. The van der Waals surface area contributed by atoms with Crippen molar-refractivity contribution in [2.45, 2.75) is 32.0 Å². The summed E-state index contributed by atoms with van der Waals surface area (Å²) >= 11 is 0. The predicted octanol–water partition coefficient (Wildman–Crippen LogP) is 1.33. The highest BCUT2D eigenvalue weighted by atomic mass is 16.5. The molecule has 3 aromatic heterocycles. The first-order chi connectivity index (χ1) is 10.7. The number of aromatic nitrogens is 4. The van der Waals surface area contributed by atoms with Crippen LogP contribution in [-0.4, -0.2) is 42.4 Å². The lowest BCUT2D eigenvalue weighted by Crippen LogP contribution is -2.24. The molecule has 1 saturated heterocycles. The fourth-order valence-electron chi connectivity index (χ4n) is 3.09. The van der Waals surface area contributed by atoms with E-state index in [2.05, 4.69) is 20.1 Å². The zero-order valence-corrected chi connectivity index (χ0v) is 12.3. The molecule has 0 amide bonds. The maximum Gasteiger partial charge on any atom is 0.244 e. The SMILES string of the molecule is Cc1noc([C@H]2C[C@H](O)CN2Cc2cnn3ccccc23)n1. The maximum atomic E-state index is 10.0. The molecule has 0 aliphatic carbocycles. The van der Waals surface area contributed by atoms with Gasteiger partial charge >= 0.3 is 0 Å². The van der Waals surface area contributed by atoms with Crippen molar-refractivity contribution in [2.75, 3.05) is 6.54 Å². The van der Waals surface area contributed by atoms with Crippen molar-refractivity contribution < 1.29 is 9.63 Å². The van der Waals surface area contributed by atoms with Gasteiger partial charge in [-0.2, -0.15) is 10.1 Å². The molecule has 1 aliphatic heterocycles. The molecule has 0 radical (unpaired) electrons. The van der Waals surface area contributed by atoms with Gasteiger partial charge in [0.15, 0.2) is 5.82 Å². The van der Waals surface area contributed by atoms with Crippen LogP contribution in [0, 0.1) is 6.92 Å². The zero-order chi connectivity index (χ0) is 15.1. The first-order valence-electron chi connectivity index (χ1n) is 7.34. The minimum absolute atomic E-state index is 0.0464. The lowest BCUT2D eigenvalue weighted by atomic mass is 10.2. The number of aliphatic hydroxyl groups is 1. The number of likely N-dealkylation sites (tertiary alicyclic amines) is 1. The van der Waals surface area contributed by atoms with E-state index in [4.69, 9.17) is 4.52 Å². The lowest BCUT2D eigenvalue weighted by Gasteiger charge is -2.20. The topological polar surface area (TPSA) is 79.7 Å². The Morgan fingerprint density at radius 1 is 1.41 bits per heavy atom. The lowest BCUT2D eigenvalue weighted by molar-refractivity contribution is 0.169. The molecule has 0 unspecified atom stereocenters. The quantitative estimate of drug-likeness (QED) is 0.786. The van der Waals surface area contributed by atoms with Gasteiger partial charge in [0.1, 0.15) is 0 Å². The predicted molar refractivity (Wildman–Crippen MR) is 78.0 cm³/mol. The Bertz CT molecular complexity index is 796. The molecular formula is C15H17N5O2. The Hall–Kier alpha value is -2.25. The molecule has 4 rings (SSSR count). The third-order valence-corrected chi connectivity index (χ3v) is 4.09. The van der Waals surface area contributed by atoms with E-state index in [1.807, 2.05) is 35.1 Å². The summed E-state index contributed by atoms with van der Waals surface area (Å²) < 4.78 is 7.15. The third-order valence-electron chi connectivity index (χ3n) is 4.09. The molecular weight excluding hydrogens is 282 g/mol. The fraction of sp³-hybridized carbons (Fsp3) is 0.400. The van der Waals surface area contributed by atoms with E-state index in [0.717, 1.165) is 11.1 Å². The number of aliphatic hydroxyl groups excluding tert-OH is 1. The van der Waals surface area contributed by atoms with Gasteiger partial charge in [-0.05, 0) is 25.5 Å². The number of aryl methyl sites for hydroxylation is 1. The third kappa shape index (κ3) is 2.28. The molecule has 114 valence electrons. The first kappa shape index (κ1) is 13.4. The van der Waals surface area contributed by atoms with Gasteiger partial charge < -0.3 is 9.63 Å². The number of β-amino-alcohol motifs (C(OH)–C–C–N with tert-alkyl or cyclic N) is 1. The van der Waals surface area contributed by atoms with Crippen LogP contribution in [0.1, 0.15) is 29.7 Å². The van der Waals surface area contributed by atoms with Crippen molar-refractivity contribution >= 4 is 5.52 Å². The van der Waals surface area contributed by atoms with Crippen LogP contribution < -0.4 is 0 Å². The van der Waals surface area contributed by atoms with E-state index in [1.165, 1.54) is 0 Å². The van der Waals surface area contributed by atoms with E-state index in [-0.39, 0.29) is 12.1 Å². The summed E-state index contributed by atoms with van der Waals surface area (Å²) in [5.41, 5.74) is 2.19. The number of rotatable bonds is 3. The normalized spacial score (nSPS) is 22.6. The molecule has 4 heterocycles. The first-order valence-corrected chi connectivity index (χ1v) is 7.34. The second-order valence-corrected chi connectivity index (χ2v) is 5.71. The van der Waals surface area contributed by atoms with E-state index in [9.17, 15) is 5.11 Å². The average Bonchev–Trinajstić information content (AvgIpc) is 3.19. The van der Waals surface area contributed by atoms with Crippen molar-refractivity contribution in [3.8, 4) is 0 Å². The molecule has 0 bridgehead atoms. The van der Waals surface area contributed by atoms with Crippen molar-refractivity contribution in [1.82, 2.24) is 24.7 Å². The van der Waals surface area contributed by atoms with Gasteiger partial charge in [-0.1, -0.05) is 11.2 Å². The molecule has 7 heteroatoms. The Morgan fingerprint density at radius 2 is 2.32 bits per heavy atom. The molecule has 1 aliphatic rings. The smallest absolute Gasteiger partial charge is 0.244 e. The van der Waals surface area contributed by atoms with Crippen molar-refractivity contribution in [3.05, 3.63) is 47.9 Å². The second-order valence-electron chi connectivity index (χ2n) is 5.71. The van der Waals surface area contributed by atoms with Crippen LogP contribution in [0.25, 0.3) is 5.52 Å². The van der Waals surface area contributed by atoms with E-state index >= 15 is 0 Å². The molecule has 1 N–H and O–H groups in total. The summed E-state index contributed by atoms with van der Waals surface area (Å²) in [6.45, 7) is 3.08. The van der Waals surface area contributed by atoms with Gasteiger partial charge in [0.05, 0.1) is 23.9 Å². The maximum absolute atomic E-state index is 10.0. The van der Waals surface area contributed by atoms with Crippen LogP contribution in [0.15, 0.2) is 35.1 Å². The van der Waals surface area contributed by atoms with Crippen LogP contribution in [0.3, 0.4) is 0 Å². The Morgan fingerprint density at radius 3 is 3.14 bits per heavy atom. The minimum atomic E-state index is -0.376. The van der Waals surface area contributed by atoms with Crippen molar-refractivity contribution in [1.29, 1.82) is 0 Å². The molecule has 7 nitrogen and oxygen atoms in total. The van der Waals surface area contributed by atoms with Crippen LogP contribution in [-0.2, 0) is 6.54 Å². The molecule has 0 aromatic carbocycles. The van der Waals surface area contributed by atoms with Gasteiger partial charge in [-0.15, -0.1) is 0 Å². The number of hydrogen-bond donors (Lipinski definition) is 1. The number of nitrogens with zero attached hydrogens (tertiary/aromatic N) is 5. The molecule has 2 atom stereocenters. The van der Waals surface area contributed by atoms with E-state index in [0.29, 0.717) is 31.2 Å². The second kappa shape index (κ2) is 5.19. The summed E-state index contributed by atoms with van der Waals surface area (Å²) in [6, 6.07) is 5.95. The minimum Gasteiger partial charge on any atom is -0.392 e. The highest BCUT2D eigenvalue weighted by Crippen LogP contribution is 2.33. The molecule has 1 fully saturated rings. The summed E-state index contributed by atoms with van der Waals surface area (Å²) in [5, 5.41) is 18.2. The van der Waals surface area contributed by atoms with Crippen LogP contribution in [0.4, 0.5) is 0 Å². The molecule has 22 heavy (non-hydrogen) atoms. The van der Waals surface area contributed by atoms with Gasteiger partial charge in [-0.25, -0.2) is 4.52 Å². The van der Waals surface area contributed by atoms with E-state index in [1.54, 1.807) is 6.92 Å². The fourth-order valence-corrected chi connectivity index (χ4v) is 3.09. The summed E-state index contributed by atoms with van der Waals surface area (Å²) in [7, 11) is 0. The van der Waals surface area contributed by atoms with Gasteiger partial charge in [0, 0.05) is 24.8 Å². The van der Waals surface area contributed by atoms with Gasteiger partial charge in [0.25, 0.3) is 0 Å². The number of pyridine rings is 1. The standard InChI is InChI=1S/C15H17N5O2/c1-10-17-15(22-18-10)14-6-12(21)9-19(14)8-11-7-16-20-5-3-2-4-13(11)20/h2-5,7,12,14,21H,6,8-9H2,1H3/t12-,14+/m0/s1. The Kier molecular flexibility index (Phi) is 3.16. The number of hydrogen-bond acceptors (Lipinski definition) is 6. The Balaban J connectivity index is 1.63.